The maximum absolute atomic E-state index is 13.3. The third-order valence-electron chi connectivity index (χ3n) is 4.97. The Morgan fingerprint density at radius 2 is 1.69 bits per heavy atom. The molecular weight excluding hydrogens is 402 g/mol. The first-order chi connectivity index (χ1) is 13.3. The number of benzene rings is 2. The van der Waals surface area contributed by atoms with E-state index < -0.39 is 0 Å². The minimum atomic E-state index is 0. The molecule has 3 rings (SSSR count). The van der Waals surface area contributed by atoms with Crippen LogP contribution in [0.1, 0.15) is 28.7 Å². The van der Waals surface area contributed by atoms with Crippen molar-refractivity contribution in [3.05, 3.63) is 58.7 Å². The van der Waals surface area contributed by atoms with Crippen molar-refractivity contribution in [2.24, 2.45) is 0 Å². The average Bonchev–Trinajstić information content (AvgIpc) is 3.05. The monoisotopic (exact) mass is 431 g/mol. The van der Waals surface area contributed by atoms with Crippen LogP contribution in [-0.2, 0) is 11.2 Å². The van der Waals surface area contributed by atoms with Gasteiger partial charge in [0.15, 0.2) is 5.13 Å². The van der Waals surface area contributed by atoms with Crippen LogP contribution in [0.2, 0.25) is 0 Å². The van der Waals surface area contributed by atoms with Crippen LogP contribution in [0.5, 0.6) is 0 Å². The van der Waals surface area contributed by atoms with Crippen molar-refractivity contribution >= 4 is 45.0 Å². The van der Waals surface area contributed by atoms with Gasteiger partial charge in [0, 0.05) is 6.54 Å². The maximum Gasteiger partial charge on any atom is 0.233 e. The summed E-state index contributed by atoms with van der Waals surface area (Å²) in [4.78, 5) is 22.1. The Bertz CT molecular complexity index is 927. The topological polar surface area (TPSA) is 36.4 Å². The normalized spacial score (nSPS) is 11.0. The predicted octanol–water partition coefficient (Wildman–Crippen LogP) is 5.17. The predicted molar refractivity (Wildman–Crippen MR) is 127 cm³/mol. The smallest absolute Gasteiger partial charge is 0.233 e. The number of fused-ring (bicyclic) bond motifs is 1. The zero-order valence-electron chi connectivity index (χ0n) is 17.9. The number of carbonyl (C=O) groups excluding carboxylic acids is 1. The molecule has 156 valence electrons. The molecule has 0 N–H and O–H groups in total. The van der Waals surface area contributed by atoms with Gasteiger partial charge in [-0.3, -0.25) is 9.69 Å². The van der Waals surface area contributed by atoms with Gasteiger partial charge in [0.2, 0.25) is 5.91 Å². The molecule has 0 bridgehead atoms. The fourth-order valence-electron chi connectivity index (χ4n) is 3.58. The summed E-state index contributed by atoms with van der Waals surface area (Å²) in [5, 5.41) is 0.798. The number of anilines is 1. The summed E-state index contributed by atoms with van der Waals surface area (Å²) in [5.74, 6) is 0.118. The number of aromatic nitrogens is 1. The first-order valence-corrected chi connectivity index (χ1v) is 10.5. The summed E-state index contributed by atoms with van der Waals surface area (Å²) >= 11 is 1.59. The quantitative estimate of drug-likeness (QED) is 0.517. The van der Waals surface area contributed by atoms with Gasteiger partial charge in [-0.2, -0.15) is 0 Å². The number of rotatable bonds is 7. The summed E-state index contributed by atoms with van der Waals surface area (Å²) in [7, 11) is 4.12. The molecule has 1 aromatic heterocycles. The number of para-hydroxylation sites is 1. The second-order valence-electron chi connectivity index (χ2n) is 7.72. The molecule has 2 aromatic carbocycles. The van der Waals surface area contributed by atoms with Crippen LogP contribution in [0, 0.1) is 20.8 Å². The highest BCUT2D eigenvalue weighted by Crippen LogP contribution is 2.29. The molecular formula is C23H30ClN3OS. The van der Waals surface area contributed by atoms with E-state index in [1.54, 1.807) is 11.3 Å². The van der Waals surface area contributed by atoms with E-state index in [1.807, 2.05) is 23.1 Å². The van der Waals surface area contributed by atoms with E-state index in [1.165, 1.54) is 16.7 Å². The van der Waals surface area contributed by atoms with Gasteiger partial charge >= 0.3 is 0 Å². The van der Waals surface area contributed by atoms with Crippen LogP contribution < -0.4 is 4.90 Å². The average molecular weight is 432 g/mol. The summed E-state index contributed by atoms with van der Waals surface area (Å²) < 4.78 is 1.12. The standard InChI is InChI=1S/C23H29N3OS.ClH/c1-16-13-17(2)19(18(3)14-16)15-22(27)26(12-8-11-25(4)5)23-24-20-9-6-7-10-21(20)28-23;/h6-7,9-10,13-14H,8,11-12,15H2,1-5H3;1H. The number of hydrogen-bond donors (Lipinski definition) is 0. The molecule has 0 atom stereocenters. The van der Waals surface area contributed by atoms with Gasteiger partial charge in [-0.15, -0.1) is 12.4 Å². The lowest BCUT2D eigenvalue weighted by atomic mass is 9.97. The Morgan fingerprint density at radius 1 is 1.03 bits per heavy atom. The summed E-state index contributed by atoms with van der Waals surface area (Å²) in [6.07, 6.45) is 1.33. The van der Waals surface area contributed by atoms with Gasteiger partial charge in [-0.25, -0.2) is 4.98 Å². The fourth-order valence-corrected chi connectivity index (χ4v) is 4.59. The van der Waals surface area contributed by atoms with Crippen LogP contribution in [0.3, 0.4) is 0 Å². The Labute approximate surface area is 184 Å². The zero-order chi connectivity index (χ0) is 20.3. The third kappa shape index (κ3) is 5.78. The number of halogens is 1. The van der Waals surface area contributed by atoms with E-state index in [2.05, 4.69) is 58.0 Å². The SMILES string of the molecule is Cc1cc(C)c(CC(=O)N(CCCN(C)C)c2nc3ccccc3s2)c(C)c1.Cl. The lowest BCUT2D eigenvalue weighted by Crippen LogP contribution is -2.34. The number of aryl methyl sites for hydroxylation is 3. The molecule has 0 fully saturated rings. The molecule has 4 nitrogen and oxygen atoms in total. The Hall–Kier alpha value is -1.95. The van der Waals surface area contributed by atoms with Crippen molar-refractivity contribution < 1.29 is 4.79 Å². The van der Waals surface area contributed by atoms with Crippen LogP contribution >= 0.6 is 23.7 Å². The van der Waals surface area contributed by atoms with Gasteiger partial charge in [-0.1, -0.05) is 41.2 Å². The minimum Gasteiger partial charge on any atom is -0.309 e. The summed E-state index contributed by atoms with van der Waals surface area (Å²) in [5.41, 5.74) is 5.69. The van der Waals surface area contributed by atoms with Crippen molar-refractivity contribution in [3.8, 4) is 0 Å². The number of carbonyl (C=O) groups is 1. The highest BCUT2D eigenvalue weighted by Gasteiger charge is 2.21. The Balaban J connectivity index is 0.00000300. The van der Waals surface area contributed by atoms with Gasteiger partial charge in [0.1, 0.15) is 0 Å². The van der Waals surface area contributed by atoms with E-state index in [0.29, 0.717) is 13.0 Å². The highest BCUT2D eigenvalue weighted by atomic mass is 35.5. The van der Waals surface area contributed by atoms with Gasteiger partial charge < -0.3 is 4.90 Å². The Kier molecular flexibility index (Phi) is 8.20. The lowest BCUT2D eigenvalue weighted by Gasteiger charge is -2.22. The molecule has 6 heteroatoms. The molecule has 3 aromatic rings. The van der Waals surface area contributed by atoms with Crippen molar-refractivity contribution in [2.75, 3.05) is 32.1 Å². The highest BCUT2D eigenvalue weighted by molar-refractivity contribution is 7.22. The molecule has 0 saturated heterocycles. The van der Waals surface area contributed by atoms with Gasteiger partial charge in [0.25, 0.3) is 0 Å². The summed E-state index contributed by atoms with van der Waals surface area (Å²) in [6, 6.07) is 12.4. The van der Waals surface area contributed by atoms with E-state index in [9.17, 15) is 4.79 Å². The van der Waals surface area contributed by atoms with Crippen molar-refractivity contribution in [1.29, 1.82) is 0 Å². The molecule has 0 saturated carbocycles. The molecule has 0 aliphatic rings. The molecule has 0 aliphatic heterocycles. The van der Waals surface area contributed by atoms with Crippen molar-refractivity contribution in [3.63, 3.8) is 0 Å². The van der Waals surface area contributed by atoms with Crippen LogP contribution in [0.4, 0.5) is 5.13 Å². The number of nitrogens with zero attached hydrogens (tertiary/aromatic N) is 3. The molecule has 0 aliphatic carbocycles. The van der Waals surface area contributed by atoms with E-state index in [-0.39, 0.29) is 18.3 Å². The summed E-state index contributed by atoms with van der Waals surface area (Å²) in [6.45, 7) is 7.91. The van der Waals surface area contributed by atoms with Crippen molar-refractivity contribution in [2.45, 2.75) is 33.6 Å². The van der Waals surface area contributed by atoms with Crippen LogP contribution in [-0.4, -0.2) is 43.0 Å². The van der Waals surface area contributed by atoms with E-state index in [4.69, 9.17) is 4.98 Å². The lowest BCUT2D eigenvalue weighted by molar-refractivity contribution is -0.118. The van der Waals surface area contributed by atoms with Crippen LogP contribution in [0.15, 0.2) is 36.4 Å². The first-order valence-electron chi connectivity index (χ1n) is 9.72. The third-order valence-corrected chi connectivity index (χ3v) is 6.03. The second-order valence-corrected chi connectivity index (χ2v) is 8.73. The minimum absolute atomic E-state index is 0. The number of thiazole rings is 1. The van der Waals surface area contributed by atoms with Crippen LogP contribution in [0.25, 0.3) is 10.2 Å². The molecule has 1 heterocycles. The zero-order valence-corrected chi connectivity index (χ0v) is 19.5. The Morgan fingerprint density at radius 3 is 2.31 bits per heavy atom. The molecule has 0 radical (unpaired) electrons. The molecule has 1 amide bonds. The fraction of sp³-hybridized carbons (Fsp3) is 0.391. The van der Waals surface area contributed by atoms with Gasteiger partial charge in [0.05, 0.1) is 16.6 Å². The number of amides is 1. The van der Waals surface area contributed by atoms with E-state index >= 15 is 0 Å². The second kappa shape index (κ2) is 10.2. The molecule has 29 heavy (non-hydrogen) atoms. The molecule has 0 unspecified atom stereocenters. The first kappa shape index (κ1) is 23.3. The van der Waals surface area contributed by atoms with Crippen molar-refractivity contribution in [1.82, 2.24) is 9.88 Å². The number of hydrogen-bond acceptors (Lipinski definition) is 4. The molecule has 0 spiro atoms. The maximum atomic E-state index is 13.3. The largest absolute Gasteiger partial charge is 0.309 e. The van der Waals surface area contributed by atoms with Gasteiger partial charge in [-0.05, 0) is 76.7 Å². The van der Waals surface area contributed by atoms with E-state index in [0.717, 1.165) is 33.9 Å².